The molecule has 0 aliphatic heterocycles. The van der Waals surface area contributed by atoms with Gasteiger partial charge in [-0.05, 0) is 29.8 Å². The van der Waals surface area contributed by atoms with E-state index in [-0.39, 0.29) is 16.4 Å². The third kappa shape index (κ3) is 5.32. The van der Waals surface area contributed by atoms with Crippen LogP contribution in [0.5, 0.6) is 0 Å². The van der Waals surface area contributed by atoms with E-state index in [1.54, 1.807) is 30.3 Å². The third-order valence-corrected chi connectivity index (χ3v) is 7.37. The zero-order chi connectivity index (χ0) is 24.5. The Bertz CT molecular complexity index is 1380. The Balaban J connectivity index is 1.66. The highest BCUT2D eigenvalue weighted by atomic mass is 35.5. The van der Waals surface area contributed by atoms with E-state index in [1.165, 1.54) is 29.5 Å². The summed E-state index contributed by atoms with van der Waals surface area (Å²) in [6.07, 6.45) is -4.60. The highest BCUT2D eigenvalue weighted by Gasteiger charge is 2.32. The molecule has 1 amide bonds. The molecule has 0 bridgehead atoms. The molecule has 0 saturated carbocycles. The Hall–Kier alpha value is -3.15. The van der Waals surface area contributed by atoms with Crippen LogP contribution in [-0.4, -0.2) is 15.8 Å². The second kappa shape index (κ2) is 9.61. The number of halogens is 4. The fourth-order valence-corrected chi connectivity index (χ4v) is 5.51. The smallest absolute Gasteiger partial charge is 0.323 e. The molecule has 0 aliphatic carbocycles. The lowest BCUT2D eigenvalue weighted by atomic mass is 10.1. The minimum absolute atomic E-state index is 0.0366. The third-order valence-electron chi connectivity index (χ3n) is 4.67. The molecule has 0 unspecified atom stereocenters. The Kier molecular flexibility index (Phi) is 6.78. The van der Waals surface area contributed by atoms with Crippen LogP contribution in [-0.2, 0) is 11.0 Å². The first-order valence-electron chi connectivity index (χ1n) is 9.56. The molecule has 1 aromatic heterocycles. The Morgan fingerprint density at radius 3 is 2.53 bits per heavy atom. The van der Waals surface area contributed by atoms with Gasteiger partial charge < -0.3 is 5.32 Å². The van der Waals surface area contributed by atoms with Crippen LogP contribution in [0.4, 0.5) is 24.5 Å². The van der Waals surface area contributed by atoms with Crippen LogP contribution in [0, 0.1) is 10.1 Å². The molecule has 34 heavy (non-hydrogen) atoms. The van der Waals surface area contributed by atoms with Gasteiger partial charge in [-0.3, -0.25) is 14.9 Å². The molecular formula is C22H13ClF3N3O3S2. The predicted molar refractivity (Wildman–Crippen MR) is 126 cm³/mol. The Morgan fingerprint density at radius 1 is 1.12 bits per heavy atom. The zero-order valence-corrected chi connectivity index (χ0v) is 19.3. The van der Waals surface area contributed by atoms with Crippen molar-refractivity contribution >= 4 is 62.2 Å². The van der Waals surface area contributed by atoms with Crippen molar-refractivity contribution in [2.75, 3.05) is 5.32 Å². The number of rotatable bonds is 6. The number of thiazole rings is 1. The van der Waals surface area contributed by atoms with Crippen LogP contribution in [0.15, 0.2) is 71.1 Å². The summed E-state index contributed by atoms with van der Waals surface area (Å²) in [5, 5.41) is 12.6. The maximum Gasteiger partial charge on any atom is 0.416 e. The first kappa shape index (κ1) is 24.0. The molecule has 0 spiro atoms. The van der Waals surface area contributed by atoms with Crippen molar-refractivity contribution in [3.05, 3.63) is 93.0 Å². The standard InChI is InChI=1S/C22H13ClF3N3O3S2/c23-15-8-6-13(22(24,25)26)10-17(15)27-20(30)19(12-4-2-1-3-5-12)34-21-28-16-9-7-14(29(31)32)11-18(16)33-21/h1-11,19H,(H,27,30)/t19-/m0/s1. The van der Waals surface area contributed by atoms with E-state index in [2.05, 4.69) is 10.3 Å². The molecule has 4 rings (SSSR count). The van der Waals surface area contributed by atoms with Crippen LogP contribution in [0.3, 0.4) is 0 Å². The van der Waals surface area contributed by atoms with Gasteiger partial charge in [0, 0.05) is 12.1 Å². The van der Waals surface area contributed by atoms with E-state index >= 15 is 0 Å². The molecule has 3 aromatic carbocycles. The lowest BCUT2D eigenvalue weighted by Gasteiger charge is -2.17. The lowest BCUT2D eigenvalue weighted by molar-refractivity contribution is -0.384. The van der Waals surface area contributed by atoms with Gasteiger partial charge in [0.25, 0.3) is 5.69 Å². The second-order valence-corrected chi connectivity index (χ2v) is 9.77. The summed E-state index contributed by atoms with van der Waals surface area (Å²) >= 11 is 8.30. The minimum Gasteiger partial charge on any atom is -0.323 e. The molecule has 0 saturated heterocycles. The zero-order valence-electron chi connectivity index (χ0n) is 16.9. The van der Waals surface area contributed by atoms with Gasteiger partial charge in [-0.25, -0.2) is 4.98 Å². The number of nitrogens with zero attached hydrogens (tertiary/aromatic N) is 2. The molecule has 0 radical (unpaired) electrons. The molecule has 0 fully saturated rings. The largest absolute Gasteiger partial charge is 0.416 e. The number of carbonyl (C=O) groups is 1. The summed E-state index contributed by atoms with van der Waals surface area (Å²) in [5.74, 6) is -0.595. The number of non-ortho nitro benzene ring substituents is 1. The fourth-order valence-electron chi connectivity index (χ4n) is 3.05. The van der Waals surface area contributed by atoms with Gasteiger partial charge in [0.1, 0.15) is 5.25 Å². The van der Waals surface area contributed by atoms with Crippen LogP contribution >= 0.6 is 34.7 Å². The number of aromatic nitrogens is 1. The van der Waals surface area contributed by atoms with Gasteiger partial charge in [0.05, 0.1) is 31.4 Å². The Morgan fingerprint density at radius 2 is 1.85 bits per heavy atom. The highest BCUT2D eigenvalue weighted by Crippen LogP contribution is 2.41. The molecule has 12 heteroatoms. The summed E-state index contributed by atoms with van der Waals surface area (Å²) in [7, 11) is 0. The normalized spacial score (nSPS) is 12.5. The number of nitro benzene ring substituents is 1. The summed E-state index contributed by atoms with van der Waals surface area (Å²) < 4.78 is 40.4. The van der Waals surface area contributed by atoms with Crippen molar-refractivity contribution in [1.82, 2.24) is 4.98 Å². The molecule has 1 atom stereocenters. The average Bonchev–Trinajstić information content (AvgIpc) is 3.20. The number of nitrogens with one attached hydrogen (secondary N) is 1. The second-order valence-electron chi connectivity index (χ2n) is 6.98. The lowest BCUT2D eigenvalue weighted by Crippen LogP contribution is -2.19. The molecule has 1 heterocycles. The number of alkyl halides is 3. The van der Waals surface area contributed by atoms with E-state index in [0.29, 0.717) is 20.1 Å². The number of amides is 1. The van der Waals surface area contributed by atoms with Crippen LogP contribution in [0.2, 0.25) is 5.02 Å². The summed E-state index contributed by atoms with van der Waals surface area (Å²) in [6.45, 7) is 0. The number of benzene rings is 3. The van der Waals surface area contributed by atoms with E-state index in [0.717, 1.165) is 30.0 Å². The molecule has 1 N–H and O–H groups in total. The van der Waals surface area contributed by atoms with Crippen molar-refractivity contribution < 1.29 is 22.9 Å². The van der Waals surface area contributed by atoms with Gasteiger partial charge in [0.15, 0.2) is 4.34 Å². The monoisotopic (exact) mass is 523 g/mol. The summed E-state index contributed by atoms with van der Waals surface area (Å²) in [5.41, 5.74) is -0.0550. The van der Waals surface area contributed by atoms with Crippen molar-refractivity contribution in [1.29, 1.82) is 0 Å². The SMILES string of the molecule is O=C(Nc1cc(C(F)(F)F)ccc1Cl)[C@@H](Sc1nc2ccc([N+](=O)[O-])cc2s1)c1ccccc1. The van der Waals surface area contributed by atoms with Gasteiger partial charge in [0.2, 0.25) is 5.91 Å². The minimum atomic E-state index is -4.60. The topological polar surface area (TPSA) is 85.1 Å². The maximum absolute atomic E-state index is 13.2. The number of thioether (sulfide) groups is 1. The highest BCUT2D eigenvalue weighted by molar-refractivity contribution is 8.02. The van der Waals surface area contributed by atoms with Crippen LogP contribution in [0.25, 0.3) is 10.2 Å². The number of nitro groups is 1. The van der Waals surface area contributed by atoms with Crippen molar-refractivity contribution in [2.45, 2.75) is 15.8 Å². The molecule has 0 aliphatic rings. The number of hydrogen-bond donors (Lipinski definition) is 1. The molecular weight excluding hydrogens is 511 g/mol. The van der Waals surface area contributed by atoms with Crippen LogP contribution < -0.4 is 5.32 Å². The van der Waals surface area contributed by atoms with E-state index in [1.807, 2.05) is 0 Å². The summed E-state index contributed by atoms with van der Waals surface area (Å²) in [4.78, 5) is 28.2. The van der Waals surface area contributed by atoms with Crippen molar-refractivity contribution in [3.63, 3.8) is 0 Å². The average molecular weight is 524 g/mol. The van der Waals surface area contributed by atoms with Gasteiger partial charge in [-0.1, -0.05) is 53.7 Å². The number of anilines is 1. The quantitative estimate of drug-likeness (QED) is 0.162. The van der Waals surface area contributed by atoms with Crippen LogP contribution in [0.1, 0.15) is 16.4 Å². The van der Waals surface area contributed by atoms with E-state index < -0.39 is 27.8 Å². The van der Waals surface area contributed by atoms with Crippen molar-refractivity contribution in [3.8, 4) is 0 Å². The first-order chi connectivity index (χ1) is 16.1. The number of carbonyl (C=O) groups excluding carboxylic acids is 1. The van der Waals surface area contributed by atoms with E-state index in [4.69, 9.17) is 11.6 Å². The van der Waals surface area contributed by atoms with E-state index in [9.17, 15) is 28.1 Å². The van der Waals surface area contributed by atoms with Crippen molar-refractivity contribution in [2.24, 2.45) is 0 Å². The predicted octanol–water partition coefficient (Wildman–Crippen LogP) is 7.35. The number of fused-ring (bicyclic) bond motifs is 1. The first-order valence-corrected chi connectivity index (χ1v) is 11.6. The van der Waals surface area contributed by atoms with Gasteiger partial charge in [-0.2, -0.15) is 13.2 Å². The van der Waals surface area contributed by atoms with Gasteiger partial charge in [-0.15, -0.1) is 11.3 Å². The molecule has 174 valence electrons. The molecule has 6 nitrogen and oxygen atoms in total. The molecule has 4 aromatic rings. The summed E-state index contributed by atoms with van der Waals surface area (Å²) in [6, 6.07) is 15.6. The number of hydrogen-bond acceptors (Lipinski definition) is 6. The fraction of sp³-hybridized carbons (Fsp3) is 0.0909. The Labute approximate surface area is 203 Å². The maximum atomic E-state index is 13.2. The van der Waals surface area contributed by atoms with Gasteiger partial charge >= 0.3 is 6.18 Å².